The zero-order chi connectivity index (χ0) is 18.0. The molecule has 150 valence electrons. The van der Waals surface area contributed by atoms with Gasteiger partial charge < -0.3 is 24.4 Å². The summed E-state index contributed by atoms with van der Waals surface area (Å²) >= 11 is 0. The van der Waals surface area contributed by atoms with Crippen LogP contribution in [0.3, 0.4) is 0 Å². The molecule has 3 fully saturated rings. The molecule has 26 heavy (non-hydrogen) atoms. The molecule has 0 aromatic carbocycles. The van der Waals surface area contributed by atoms with E-state index in [2.05, 4.69) is 20.1 Å². The van der Waals surface area contributed by atoms with Crippen molar-refractivity contribution in [1.29, 1.82) is 0 Å². The van der Waals surface area contributed by atoms with Gasteiger partial charge in [-0.15, -0.1) is 0 Å². The number of morpholine rings is 1. The number of likely N-dealkylation sites (tertiary alicyclic amines) is 1. The van der Waals surface area contributed by atoms with E-state index in [1.54, 1.807) is 0 Å². The van der Waals surface area contributed by atoms with Gasteiger partial charge >= 0.3 is 0 Å². The Bertz CT molecular complexity index is 423. The number of rotatable bonds is 7. The molecule has 7 nitrogen and oxygen atoms in total. The molecule has 0 aliphatic carbocycles. The average Bonchev–Trinajstić information content (AvgIpc) is 3.19. The Hall–Kier alpha value is -0.890. The van der Waals surface area contributed by atoms with Crippen LogP contribution >= 0.6 is 0 Å². The molecule has 3 rings (SSSR count). The number of aliphatic imine (C=N–C) groups is 1. The molecule has 1 N–H and O–H groups in total. The number of hydrogen-bond donors (Lipinski definition) is 1. The predicted octanol–water partition coefficient (Wildman–Crippen LogP) is 0.802. The smallest absolute Gasteiger partial charge is 0.193 e. The molecule has 0 bridgehead atoms. The third-order valence-corrected chi connectivity index (χ3v) is 5.68. The lowest BCUT2D eigenvalue weighted by Gasteiger charge is -2.32. The molecule has 1 atom stereocenters. The molecule has 3 aliphatic rings. The van der Waals surface area contributed by atoms with Gasteiger partial charge in [0.2, 0.25) is 0 Å². The van der Waals surface area contributed by atoms with E-state index < -0.39 is 0 Å². The fourth-order valence-corrected chi connectivity index (χ4v) is 4.04. The molecule has 1 unspecified atom stereocenters. The number of nitrogens with one attached hydrogen (secondary N) is 1. The topological polar surface area (TPSA) is 58.6 Å². The van der Waals surface area contributed by atoms with Gasteiger partial charge in [-0.05, 0) is 31.6 Å². The van der Waals surface area contributed by atoms with Crippen LogP contribution in [0.1, 0.15) is 25.7 Å². The van der Waals surface area contributed by atoms with Gasteiger partial charge in [-0.3, -0.25) is 9.89 Å². The predicted molar refractivity (Wildman–Crippen MR) is 103 cm³/mol. The highest BCUT2D eigenvalue weighted by molar-refractivity contribution is 5.80. The van der Waals surface area contributed by atoms with Crippen molar-refractivity contribution in [2.24, 2.45) is 10.9 Å². The summed E-state index contributed by atoms with van der Waals surface area (Å²) in [7, 11) is 1.88. The van der Waals surface area contributed by atoms with Gasteiger partial charge in [0.05, 0.1) is 13.2 Å². The van der Waals surface area contributed by atoms with Gasteiger partial charge in [-0.1, -0.05) is 0 Å². The summed E-state index contributed by atoms with van der Waals surface area (Å²) in [4.78, 5) is 9.44. The molecular weight excluding hydrogens is 332 g/mol. The fourth-order valence-electron chi connectivity index (χ4n) is 4.04. The minimum absolute atomic E-state index is 0.639. The molecule has 0 aromatic heterocycles. The van der Waals surface area contributed by atoms with Gasteiger partial charge in [0.1, 0.15) is 0 Å². The Balaban J connectivity index is 1.27. The Morgan fingerprint density at radius 1 is 1.08 bits per heavy atom. The lowest BCUT2D eigenvalue weighted by atomic mass is 10.0. The van der Waals surface area contributed by atoms with Crippen molar-refractivity contribution in [3.63, 3.8) is 0 Å². The van der Waals surface area contributed by atoms with Crippen LogP contribution in [0.15, 0.2) is 4.99 Å². The van der Waals surface area contributed by atoms with Gasteiger partial charge in [0.15, 0.2) is 5.96 Å². The summed E-state index contributed by atoms with van der Waals surface area (Å²) in [5.41, 5.74) is 0. The molecule has 0 saturated carbocycles. The van der Waals surface area contributed by atoms with E-state index in [0.29, 0.717) is 12.0 Å². The second-order valence-electron chi connectivity index (χ2n) is 7.50. The van der Waals surface area contributed by atoms with Crippen LogP contribution in [0.25, 0.3) is 0 Å². The summed E-state index contributed by atoms with van der Waals surface area (Å²) < 4.78 is 16.7. The van der Waals surface area contributed by atoms with E-state index in [0.717, 1.165) is 97.6 Å². The molecule has 0 spiro atoms. The summed E-state index contributed by atoms with van der Waals surface area (Å²) in [6, 6.07) is 0.639. The molecule has 3 aliphatic heterocycles. The van der Waals surface area contributed by atoms with E-state index in [-0.39, 0.29) is 0 Å². The van der Waals surface area contributed by atoms with E-state index in [1.165, 1.54) is 6.42 Å². The van der Waals surface area contributed by atoms with Crippen molar-refractivity contribution in [2.75, 3.05) is 79.4 Å². The van der Waals surface area contributed by atoms with Gasteiger partial charge in [-0.25, -0.2) is 0 Å². The molecule has 3 heterocycles. The first kappa shape index (κ1) is 19.9. The minimum atomic E-state index is 0.639. The fraction of sp³-hybridized carbons (Fsp3) is 0.947. The lowest BCUT2D eigenvalue weighted by Crippen LogP contribution is -2.46. The van der Waals surface area contributed by atoms with Crippen molar-refractivity contribution < 1.29 is 14.2 Å². The van der Waals surface area contributed by atoms with E-state index in [9.17, 15) is 0 Å². The molecule has 7 heteroatoms. The molecular formula is C19H36N4O3. The van der Waals surface area contributed by atoms with Gasteiger partial charge in [0.25, 0.3) is 0 Å². The van der Waals surface area contributed by atoms with Crippen LogP contribution < -0.4 is 5.32 Å². The lowest BCUT2D eigenvalue weighted by molar-refractivity contribution is 0.0194. The summed E-state index contributed by atoms with van der Waals surface area (Å²) in [5.74, 6) is 1.72. The first-order valence-corrected chi connectivity index (χ1v) is 10.3. The monoisotopic (exact) mass is 368 g/mol. The second-order valence-corrected chi connectivity index (χ2v) is 7.50. The Morgan fingerprint density at radius 3 is 2.62 bits per heavy atom. The van der Waals surface area contributed by atoms with E-state index in [1.807, 2.05) is 7.05 Å². The van der Waals surface area contributed by atoms with Crippen molar-refractivity contribution in [2.45, 2.75) is 31.7 Å². The normalized spacial score (nSPS) is 26.4. The van der Waals surface area contributed by atoms with Crippen molar-refractivity contribution in [3.05, 3.63) is 0 Å². The van der Waals surface area contributed by atoms with Crippen LogP contribution in [-0.4, -0.2) is 101 Å². The summed E-state index contributed by atoms with van der Waals surface area (Å²) in [6.45, 7) is 10.4. The first-order chi connectivity index (χ1) is 12.9. The quantitative estimate of drug-likeness (QED) is 0.408. The standard InChI is InChI=1S/C19H36N4O3/c1-20-19(21-6-2-10-26-16-17-4-11-24-12-5-17)23-7-3-18(15-23)22-8-13-25-14-9-22/h17-18H,2-16H2,1H3,(H,20,21). The molecule has 0 radical (unpaired) electrons. The number of ether oxygens (including phenoxy) is 3. The van der Waals surface area contributed by atoms with Crippen LogP contribution in [0.4, 0.5) is 0 Å². The maximum Gasteiger partial charge on any atom is 0.193 e. The second kappa shape index (κ2) is 11.1. The third-order valence-electron chi connectivity index (χ3n) is 5.68. The number of guanidine groups is 1. The molecule has 0 aromatic rings. The Labute approximate surface area is 158 Å². The Kier molecular flexibility index (Phi) is 8.45. The van der Waals surface area contributed by atoms with E-state index >= 15 is 0 Å². The maximum atomic E-state index is 5.84. The minimum Gasteiger partial charge on any atom is -0.381 e. The highest BCUT2D eigenvalue weighted by Crippen LogP contribution is 2.17. The van der Waals surface area contributed by atoms with Crippen LogP contribution in [0, 0.1) is 5.92 Å². The van der Waals surface area contributed by atoms with Crippen LogP contribution in [-0.2, 0) is 14.2 Å². The first-order valence-electron chi connectivity index (χ1n) is 10.3. The maximum absolute atomic E-state index is 5.84. The largest absolute Gasteiger partial charge is 0.381 e. The highest BCUT2D eigenvalue weighted by atomic mass is 16.5. The number of nitrogens with zero attached hydrogens (tertiary/aromatic N) is 3. The van der Waals surface area contributed by atoms with E-state index in [4.69, 9.17) is 14.2 Å². The average molecular weight is 369 g/mol. The summed E-state index contributed by atoms with van der Waals surface area (Å²) in [5, 5.41) is 3.51. The highest BCUT2D eigenvalue weighted by Gasteiger charge is 2.30. The van der Waals surface area contributed by atoms with Crippen LogP contribution in [0.5, 0.6) is 0 Å². The van der Waals surface area contributed by atoms with Crippen molar-refractivity contribution in [3.8, 4) is 0 Å². The van der Waals surface area contributed by atoms with Crippen molar-refractivity contribution >= 4 is 5.96 Å². The molecule has 0 amide bonds. The Morgan fingerprint density at radius 2 is 1.85 bits per heavy atom. The van der Waals surface area contributed by atoms with Crippen molar-refractivity contribution in [1.82, 2.24) is 15.1 Å². The SMILES string of the molecule is CN=C(NCCCOCC1CCOCC1)N1CCC(N2CCOCC2)C1. The van der Waals surface area contributed by atoms with Crippen LogP contribution in [0.2, 0.25) is 0 Å². The third kappa shape index (κ3) is 6.08. The van der Waals surface area contributed by atoms with Gasteiger partial charge in [0, 0.05) is 72.2 Å². The molecule has 3 saturated heterocycles. The summed E-state index contributed by atoms with van der Waals surface area (Å²) in [6.07, 6.45) is 4.52. The van der Waals surface area contributed by atoms with Gasteiger partial charge in [-0.2, -0.15) is 0 Å². The zero-order valence-electron chi connectivity index (χ0n) is 16.3. The zero-order valence-corrected chi connectivity index (χ0v) is 16.3. The number of hydrogen-bond acceptors (Lipinski definition) is 5.